The van der Waals surface area contributed by atoms with Crippen LogP contribution >= 0.6 is 0 Å². The molecular formula is C29H26N2O5. The van der Waals surface area contributed by atoms with E-state index in [2.05, 4.69) is 10.5 Å². The minimum atomic E-state index is -0.515. The van der Waals surface area contributed by atoms with Crippen molar-refractivity contribution in [3.05, 3.63) is 102 Å². The molecule has 182 valence electrons. The lowest BCUT2D eigenvalue weighted by Gasteiger charge is -2.11. The van der Waals surface area contributed by atoms with Crippen LogP contribution in [0.15, 0.2) is 90.0 Å². The Morgan fingerprint density at radius 3 is 2.31 bits per heavy atom. The number of hydrogen-bond donors (Lipinski definition) is 1. The first-order valence-corrected chi connectivity index (χ1v) is 11.5. The molecule has 7 nitrogen and oxygen atoms in total. The number of rotatable bonds is 9. The summed E-state index contributed by atoms with van der Waals surface area (Å²) in [6.07, 6.45) is 1.47. The quantitative estimate of drug-likeness (QED) is 0.152. The van der Waals surface area contributed by atoms with E-state index in [1.54, 1.807) is 42.5 Å². The minimum Gasteiger partial charge on any atom is -0.494 e. The summed E-state index contributed by atoms with van der Waals surface area (Å²) in [5, 5.41) is 5.84. The molecular weight excluding hydrogens is 456 g/mol. The second kappa shape index (κ2) is 11.7. The maximum Gasteiger partial charge on any atom is 0.343 e. The van der Waals surface area contributed by atoms with Crippen LogP contribution in [-0.2, 0) is 4.79 Å². The first-order valence-electron chi connectivity index (χ1n) is 11.5. The van der Waals surface area contributed by atoms with E-state index in [-0.39, 0.29) is 6.61 Å². The lowest BCUT2D eigenvalue weighted by molar-refractivity contribution is -0.123. The number of hydrogen-bond acceptors (Lipinski definition) is 6. The standard InChI is InChI=1S/C29H26N2O5/c1-3-34-23-15-10-22(11-16-23)29(33)36-27-17-12-21-6-4-5-7-25(21)26(27)18-30-31-28(32)19-35-24-13-8-20(2)9-14-24/h4-18H,3,19H2,1-2H3,(H,31,32). The molecule has 0 spiro atoms. The molecule has 0 atom stereocenters. The van der Waals surface area contributed by atoms with Gasteiger partial charge in [0.25, 0.3) is 5.91 Å². The van der Waals surface area contributed by atoms with Gasteiger partial charge in [0.15, 0.2) is 6.61 Å². The Bertz CT molecular complexity index is 1380. The Hall–Kier alpha value is -4.65. The van der Waals surface area contributed by atoms with Crippen LogP contribution in [0.5, 0.6) is 17.2 Å². The van der Waals surface area contributed by atoms with Gasteiger partial charge in [0.05, 0.1) is 18.4 Å². The molecule has 1 N–H and O–H groups in total. The molecule has 4 aromatic rings. The van der Waals surface area contributed by atoms with Gasteiger partial charge in [-0.1, -0.05) is 48.0 Å². The zero-order chi connectivity index (χ0) is 25.3. The maximum atomic E-state index is 12.8. The fourth-order valence-electron chi connectivity index (χ4n) is 3.49. The Balaban J connectivity index is 1.48. The molecule has 36 heavy (non-hydrogen) atoms. The summed E-state index contributed by atoms with van der Waals surface area (Å²) < 4.78 is 16.6. The highest BCUT2D eigenvalue weighted by molar-refractivity contribution is 6.04. The first kappa shape index (κ1) is 24.5. The van der Waals surface area contributed by atoms with E-state index >= 15 is 0 Å². The van der Waals surface area contributed by atoms with Crippen molar-refractivity contribution in [2.24, 2.45) is 5.10 Å². The number of carbonyl (C=O) groups excluding carboxylic acids is 2. The third kappa shape index (κ3) is 6.27. The Morgan fingerprint density at radius 2 is 1.56 bits per heavy atom. The molecule has 0 heterocycles. The summed E-state index contributed by atoms with van der Waals surface area (Å²) in [5.74, 6) is 0.659. The average molecular weight is 483 g/mol. The molecule has 0 aromatic heterocycles. The predicted molar refractivity (Wildman–Crippen MR) is 139 cm³/mol. The van der Waals surface area contributed by atoms with Gasteiger partial charge in [-0.15, -0.1) is 0 Å². The van der Waals surface area contributed by atoms with E-state index in [9.17, 15) is 9.59 Å². The van der Waals surface area contributed by atoms with Crippen molar-refractivity contribution in [2.45, 2.75) is 13.8 Å². The summed E-state index contributed by atoms with van der Waals surface area (Å²) in [6, 6.07) is 25.3. The summed E-state index contributed by atoms with van der Waals surface area (Å²) in [6.45, 7) is 4.22. The summed E-state index contributed by atoms with van der Waals surface area (Å²) >= 11 is 0. The molecule has 0 aliphatic carbocycles. The van der Waals surface area contributed by atoms with Gasteiger partial charge in [-0.25, -0.2) is 10.2 Å². The number of esters is 1. The van der Waals surface area contributed by atoms with Crippen LogP contribution in [0.25, 0.3) is 10.8 Å². The molecule has 0 aliphatic heterocycles. The molecule has 0 bridgehead atoms. The highest BCUT2D eigenvalue weighted by Crippen LogP contribution is 2.27. The number of nitrogens with one attached hydrogen (secondary N) is 1. The molecule has 0 unspecified atom stereocenters. The monoisotopic (exact) mass is 482 g/mol. The number of benzene rings is 4. The topological polar surface area (TPSA) is 86.2 Å². The second-order valence-electron chi connectivity index (χ2n) is 7.94. The minimum absolute atomic E-state index is 0.185. The van der Waals surface area contributed by atoms with Crippen molar-refractivity contribution in [3.63, 3.8) is 0 Å². The van der Waals surface area contributed by atoms with Crippen LogP contribution in [0.1, 0.15) is 28.4 Å². The summed E-state index contributed by atoms with van der Waals surface area (Å²) in [4.78, 5) is 25.0. The summed E-state index contributed by atoms with van der Waals surface area (Å²) in [5.41, 5.74) is 4.51. The van der Waals surface area contributed by atoms with E-state index in [0.717, 1.165) is 16.3 Å². The molecule has 0 fully saturated rings. The Kier molecular flexibility index (Phi) is 7.93. The van der Waals surface area contributed by atoms with Crippen molar-refractivity contribution in [3.8, 4) is 17.2 Å². The largest absolute Gasteiger partial charge is 0.494 e. The van der Waals surface area contributed by atoms with Crippen molar-refractivity contribution < 1.29 is 23.8 Å². The van der Waals surface area contributed by atoms with Crippen LogP contribution < -0.4 is 19.6 Å². The molecule has 4 rings (SSSR count). The number of aryl methyl sites for hydroxylation is 1. The van der Waals surface area contributed by atoms with Gasteiger partial charge in [-0.2, -0.15) is 5.10 Å². The van der Waals surface area contributed by atoms with Gasteiger partial charge in [-0.3, -0.25) is 4.79 Å². The first-order chi connectivity index (χ1) is 17.5. The number of nitrogens with zero attached hydrogens (tertiary/aromatic N) is 1. The van der Waals surface area contributed by atoms with Gasteiger partial charge < -0.3 is 14.2 Å². The SMILES string of the molecule is CCOc1ccc(C(=O)Oc2ccc3ccccc3c2C=NNC(=O)COc2ccc(C)cc2)cc1. The van der Waals surface area contributed by atoms with Crippen LogP contribution in [-0.4, -0.2) is 31.3 Å². The average Bonchev–Trinajstić information content (AvgIpc) is 2.90. The van der Waals surface area contributed by atoms with Crippen molar-refractivity contribution in [1.82, 2.24) is 5.43 Å². The predicted octanol–water partition coefficient (Wildman–Crippen LogP) is 5.30. The second-order valence-corrected chi connectivity index (χ2v) is 7.94. The van der Waals surface area contributed by atoms with E-state index in [0.29, 0.717) is 35.0 Å². The third-order valence-electron chi connectivity index (χ3n) is 5.31. The molecule has 1 amide bonds. The normalized spacial score (nSPS) is 10.8. The van der Waals surface area contributed by atoms with Crippen molar-refractivity contribution in [2.75, 3.05) is 13.2 Å². The molecule has 0 aliphatic rings. The number of hydrazone groups is 1. The van der Waals surface area contributed by atoms with Gasteiger partial charge in [0.1, 0.15) is 17.2 Å². The number of fused-ring (bicyclic) bond motifs is 1. The van der Waals surface area contributed by atoms with Crippen LogP contribution in [0.2, 0.25) is 0 Å². The maximum absolute atomic E-state index is 12.8. The summed E-state index contributed by atoms with van der Waals surface area (Å²) in [7, 11) is 0. The van der Waals surface area contributed by atoms with Gasteiger partial charge in [0.2, 0.25) is 0 Å². The molecule has 0 saturated heterocycles. The van der Waals surface area contributed by atoms with E-state index in [1.165, 1.54) is 6.21 Å². The Labute approximate surface area is 209 Å². The van der Waals surface area contributed by atoms with E-state index < -0.39 is 11.9 Å². The van der Waals surface area contributed by atoms with Gasteiger partial charge in [-0.05, 0) is 67.1 Å². The number of carbonyl (C=O) groups is 2. The zero-order valence-electron chi connectivity index (χ0n) is 20.1. The zero-order valence-corrected chi connectivity index (χ0v) is 20.1. The smallest absolute Gasteiger partial charge is 0.343 e. The highest BCUT2D eigenvalue weighted by atomic mass is 16.5. The highest BCUT2D eigenvalue weighted by Gasteiger charge is 2.14. The number of ether oxygens (including phenoxy) is 3. The van der Waals surface area contributed by atoms with Crippen molar-refractivity contribution in [1.29, 1.82) is 0 Å². The lowest BCUT2D eigenvalue weighted by atomic mass is 10.0. The lowest BCUT2D eigenvalue weighted by Crippen LogP contribution is -2.24. The van der Waals surface area contributed by atoms with Gasteiger partial charge in [0, 0.05) is 5.56 Å². The van der Waals surface area contributed by atoms with Crippen LogP contribution in [0.3, 0.4) is 0 Å². The van der Waals surface area contributed by atoms with Gasteiger partial charge >= 0.3 is 5.97 Å². The number of amides is 1. The Morgan fingerprint density at radius 1 is 0.861 bits per heavy atom. The van der Waals surface area contributed by atoms with Crippen molar-refractivity contribution >= 4 is 28.9 Å². The van der Waals surface area contributed by atoms with E-state index in [4.69, 9.17) is 14.2 Å². The van der Waals surface area contributed by atoms with E-state index in [1.807, 2.05) is 56.3 Å². The van der Waals surface area contributed by atoms with Crippen LogP contribution in [0, 0.1) is 6.92 Å². The molecule has 4 aromatic carbocycles. The van der Waals surface area contributed by atoms with Crippen LogP contribution in [0.4, 0.5) is 0 Å². The molecule has 0 radical (unpaired) electrons. The fourth-order valence-corrected chi connectivity index (χ4v) is 3.49. The third-order valence-corrected chi connectivity index (χ3v) is 5.31. The fraction of sp³-hybridized carbons (Fsp3) is 0.138. The molecule has 7 heteroatoms. The molecule has 0 saturated carbocycles.